The summed E-state index contributed by atoms with van der Waals surface area (Å²) in [6.45, 7) is 3.12. The van der Waals surface area contributed by atoms with Gasteiger partial charge in [-0.2, -0.15) is 0 Å². The summed E-state index contributed by atoms with van der Waals surface area (Å²) in [7, 11) is -1.47. The van der Waals surface area contributed by atoms with E-state index in [1.165, 1.54) is 0 Å². The molecule has 0 bridgehead atoms. The Labute approximate surface area is 111 Å². The van der Waals surface area contributed by atoms with Gasteiger partial charge in [0, 0.05) is 0 Å². The van der Waals surface area contributed by atoms with Crippen LogP contribution in [0.1, 0.15) is 13.8 Å². The van der Waals surface area contributed by atoms with Gasteiger partial charge in [0.1, 0.15) is 5.37 Å². The van der Waals surface area contributed by atoms with Crippen LogP contribution in [-0.4, -0.2) is 40.4 Å². The summed E-state index contributed by atoms with van der Waals surface area (Å²) in [4.78, 5) is 23.9. The largest absolute Gasteiger partial charge is 0.548 e. The van der Waals surface area contributed by atoms with E-state index in [9.17, 15) is 18.9 Å². The van der Waals surface area contributed by atoms with Crippen molar-refractivity contribution >= 4 is 54.5 Å². The first-order valence-corrected chi connectivity index (χ1v) is 7.25. The van der Waals surface area contributed by atoms with E-state index in [1.54, 1.807) is 13.8 Å². The van der Waals surface area contributed by atoms with Crippen LogP contribution >= 0.6 is 31.9 Å². The predicted octanol–water partition coefficient (Wildman–Crippen LogP) is -0.700. The van der Waals surface area contributed by atoms with Crippen LogP contribution in [0.15, 0.2) is 0 Å². The number of amides is 1. The van der Waals surface area contributed by atoms with Crippen LogP contribution in [0, 0.1) is 0 Å². The maximum atomic E-state index is 12.1. The van der Waals surface area contributed by atoms with E-state index < -0.39 is 42.1 Å². The van der Waals surface area contributed by atoms with Crippen LogP contribution in [0.25, 0.3) is 0 Å². The number of nitrogens with zero attached hydrogens (tertiary/aromatic N) is 1. The number of carboxylic acids is 1. The lowest BCUT2D eigenvalue weighted by molar-refractivity contribution is -0.312. The fourth-order valence-electron chi connectivity index (χ4n) is 2.11. The van der Waals surface area contributed by atoms with Crippen LogP contribution in [0.3, 0.4) is 0 Å². The number of hydrogen-bond acceptors (Lipinski definition) is 4. The summed E-state index contributed by atoms with van der Waals surface area (Å²) in [5, 5.41) is 10.4. The molecule has 0 radical (unpaired) electrons. The van der Waals surface area contributed by atoms with E-state index in [1.807, 2.05) is 0 Å². The maximum absolute atomic E-state index is 12.1. The fraction of sp³-hybridized carbons (Fsp3) is 0.750. The third kappa shape index (κ3) is 1.23. The second-order valence-corrected chi connectivity index (χ2v) is 9.97. The topological polar surface area (TPSA) is 77.5 Å². The van der Waals surface area contributed by atoms with Crippen molar-refractivity contribution in [1.82, 2.24) is 4.90 Å². The molecule has 2 saturated heterocycles. The molecular formula is C8H8Br2NO4S-. The average molecular weight is 374 g/mol. The quantitative estimate of drug-likeness (QED) is 0.450. The van der Waals surface area contributed by atoms with Crippen molar-refractivity contribution in [3.8, 4) is 0 Å². The SMILES string of the molecule is CC1(C)[C@H](C(=O)[O-])N2C(=O)C(Br)(Br)[C@H]2S1=O. The van der Waals surface area contributed by atoms with Gasteiger partial charge in [-0.15, -0.1) is 0 Å². The van der Waals surface area contributed by atoms with Crippen molar-refractivity contribution in [1.29, 1.82) is 0 Å². The highest BCUT2D eigenvalue weighted by Crippen LogP contribution is 2.54. The van der Waals surface area contributed by atoms with E-state index >= 15 is 0 Å². The van der Waals surface area contributed by atoms with Crippen LogP contribution in [0.2, 0.25) is 0 Å². The predicted molar refractivity (Wildman–Crippen MR) is 62.2 cm³/mol. The number of rotatable bonds is 1. The molecule has 0 aromatic heterocycles. The second-order valence-electron chi connectivity index (χ2n) is 4.31. The zero-order chi connectivity index (χ0) is 12.5. The Balaban J connectivity index is 2.50. The number of carboxylic acid groups (broad SMARTS) is 1. The molecule has 3 atom stereocenters. The van der Waals surface area contributed by atoms with Gasteiger partial charge < -0.3 is 14.8 Å². The lowest BCUT2D eigenvalue weighted by Gasteiger charge is -2.47. The molecule has 16 heavy (non-hydrogen) atoms. The van der Waals surface area contributed by atoms with Gasteiger partial charge in [0.25, 0.3) is 5.91 Å². The van der Waals surface area contributed by atoms with E-state index in [4.69, 9.17) is 0 Å². The maximum Gasteiger partial charge on any atom is 0.255 e. The minimum atomic E-state index is -1.47. The molecule has 2 aliphatic heterocycles. The molecule has 2 heterocycles. The number of hydrogen-bond donors (Lipinski definition) is 0. The van der Waals surface area contributed by atoms with E-state index in [0.29, 0.717) is 0 Å². The summed E-state index contributed by atoms with van der Waals surface area (Å²) in [6, 6.07) is -1.14. The normalized spacial score (nSPS) is 39.1. The highest BCUT2D eigenvalue weighted by molar-refractivity contribution is 9.26. The van der Waals surface area contributed by atoms with Crippen LogP contribution in [0.4, 0.5) is 0 Å². The number of aliphatic carboxylic acids is 1. The Kier molecular flexibility index (Phi) is 2.57. The van der Waals surface area contributed by atoms with Crippen molar-refractivity contribution in [2.45, 2.75) is 33.2 Å². The molecule has 2 rings (SSSR count). The Hall–Kier alpha value is 0.0500. The molecule has 0 aromatic rings. The van der Waals surface area contributed by atoms with Gasteiger partial charge in [0.2, 0.25) is 0 Å². The third-order valence-electron chi connectivity index (χ3n) is 2.96. The van der Waals surface area contributed by atoms with E-state index in [2.05, 4.69) is 31.9 Å². The summed E-state index contributed by atoms with van der Waals surface area (Å²) < 4.78 is 10.0. The number of carbonyl (C=O) groups excluding carboxylic acids is 2. The van der Waals surface area contributed by atoms with Crippen molar-refractivity contribution in [3.05, 3.63) is 0 Å². The number of carbonyl (C=O) groups is 2. The zero-order valence-electron chi connectivity index (χ0n) is 8.40. The fourth-order valence-corrected chi connectivity index (χ4v) is 5.78. The Morgan fingerprint density at radius 3 is 2.44 bits per heavy atom. The minimum Gasteiger partial charge on any atom is -0.548 e. The minimum absolute atomic E-state index is 0.425. The molecule has 0 N–H and O–H groups in total. The lowest BCUT2D eigenvalue weighted by atomic mass is 9.98. The van der Waals surface area contributed by atoms with E-state index in [-0.39, 0.29) is 0 Å². The monoisotopic (exact) mass is 372 g/mol. The van der Waals surface area contributed by atoms with Crippen LogP contribution in [0.5, 0.6) is 0 Å². The van der Waals surface area contributed by atoms with Crippen molar-refractivity contribution in [2.75, 3.05) is 0 Å². The van der Waals surface area contributed by atoms with Crippen molar-refractivity contribution in [2.24, 2.45) is 0 Å². The molecular weight excluding hydrogens is 366 g/mol. The summed E-state index contributed by atoms with van der Waals surface area (Å²) in [6.07, 6.45) is 0. The van der Waals surface area contributed by atoms with Gasteiger partial charge in [-0.25, -0.2) is 0 Å². The molecule has 2 aliphatic rings. The molecule has 1 amide bonds. The number of β-lactam (4-membered cyclic amide) rings is 1. The molecule has 2 fully saturated rings. The van der Waals surface area contributed by atoms with Crippen LogP contribution < -0.4 is 5.11 Å². The Bertz CT molecular complexity index is 422. The summed E-state index contributed by atoms with van der Waals surface area (Å²) >= 11 is 6.25. The first kappa shape index (κ1) is 12.5. The van der Waals surface area contributed by atoms with Gasteiger partial charge >= 0.3 is 0 Å². The average Bonchev–Trinajstić information content (AvgIpc) is 2.33. The summed E-state index contributed by atoms with van der Waals surface area (Å²) in [5.41, 5.74) is 0. The lowest BCUT2D eigenvalue weighted by Crippen LogP contribution is -2.70. The summed E-state index contributed by atoms with van der Waals surface area (Å²) in [5.74, 6) is -1.80. The molecule has 8 heteroatoms. The zero-order valence-corrected chi connectivity index (χ0v) is 12.4. The number of fused-ring (bicyclic) bond motifs is 1. The van der Waals surface area contributed by atoms with Gasteiger partial charge in [-0.05, 0) is 13.8 Å². The van der Waals surface area contributed by atoms with E-state index in [0.717, 1.165) is 4.90 Å². The van der Waals surface area contributed by atoms with Crippen molar-refractivity contribution < 1.29 is 18.9 Å². The molecule has 0 aromatic carbocycles. The molecule has 1 unspecified atom stereocenters. The highest BCUT2D eigenvalue weighted by Gasteiger charge is 2.72. The van der Waals surface area contributed by atoms with Gasteiger partial charge in [-0.1, -0.05) is 31.9 Å². The first-order valence-electron chi connectivity index (χ1n) is 4.45. The number of alkyl halides is 2. The first-order chi connectivity index (χ1) is 7.13. The molecule has 0 spiro atoms. The highest BCUT2D eigenvalue weighted by atomic mass is 79.9. The Morgan fingerprint density at radius 1 is 1.50 bits per heavy atom. The van der Waals surface area contributed by atoms with Gasteiger partial charge in [-0.3, -0.25) is 9.00 Å². The Morgan fingerprint density at radius 2 is 2.00 bits per heavy atom. The smallest absolute Gasteiger partial charge is 0.255 e. The molecule has 5 nitrogen and oxygen atoms in total. The molecule has 90 valence electrons. The van der Waals surface area contributed by atoms with Crippen LogP contribution in [-0.2, 0) is 20.4 Å². The second kappa shape index (κ2) is 3.29. The van der Waals surface area contributed by atoms with Gasteiger partial charge in [0.15, 0.2) is 3.23 Å². The standard InChI is InChI=1S/C8H9Br2NO4S/c1-7(2)3(4(12)13)11-5(14)8(9,10)6(11)16(7)15/h3,6H,1-2H3,(H,12,13)/p-1/t3-,6+,16?/m0/s1. The molecule has 0 saturated carbocycles. The molecule has 0 aliphatic carbocycles. The third-order valence-corrected chi connectivity index (χ3v) is 7.36. The number of halogens is 2. The van der Waals surface area contributed by atoms with Crippen molar-refractivity contribution in [3.63, 3.8) is 0 Å². The van der Waals surface area contributed by atoms with Gasteiger partial charge in [0.05, 0.1) is 27.6 Å².